The van der Waals surface area contributed by atoms with E-state index in [0.29, 0.717) is 54.6 Å². The maximum Gasteiger partial charge on any atom is 0.434 e. The Morgan fingerprint density at radius 1 is 1.07 bits per heavy atom. The molecule has 15 heteroatoms. The fourth-order valence-electron chi connectivity index (χ4n) is 4.33. The molecule has 5 rings (SSSR count). The van der Waals surface area contributed by atoms with E-state index in [4.69, 9.17) is 15.2 Å². The van der Waals surface area contributed by atoms with Gasteiger partial charge < -0.3 is 20.5 Å². The third kappa shape index (κ3) is 5.40. The second-order valence-electron chi connectivity index (χ2n) is 8.69. The summed E-state index contributed by atoms with van der Waals surface area (Å²) in [5.41, 5.74) is 3.70. The number of anilines is 2. The molecule has 1 saturated heterocycles. The average molecular weight is 561 g/mol. The number of rotatable bonds is 6. The van der Waals surface area contributed by atoms with Crippen LogP contribution in [0.1, 0.15) is 40.4 Å². The Labute approximate surface area is 223 Å². The summed E-state index contributed by atoms with van der Waals surface area (Å²) in [6.07, 6.45) is 0.564. The molecule has 1 aliphatic heterocycles. The van der Waals surface area contributed by atoms with Crippen LogP contribution in [-0.2, 0) is 10.9 Å². The summed E-state index contributed by atoms with van der Waals surface area (Å²) in [4.78, 5) is 24.2. The number of pyridine rings is 1. The van der Waals surface area contributed by atoms with Gasteiger partial charge in [-0.25, -0.2) is 23.7 Å². The Morgan fingerprint density at radius 2 is 1.75 bits per heavy atom. The van der Waals surface area contributed by atoms with E-state index in [0.717, 1.165) is 0 Å². The maximum absolute atomic E-state index is 15.0. The number of carbonyl (C=O) groups is 1. The number of nitrogens with one attached hydrogen (secondary N) is 1. The van der Waals surface area contributed by atoms with Crippen LogP contribution in [-0.4, -0.2) is 43.9 Å². The zero-order valence-corrected chi connectivity index (χ0v) is 20.5. The molecule has 0 radical (unpaired) electrons. The summed E-state index contributed by atoms with van der Waals surface area (Å²) in [5.74, 6) is -4.82. The second-order valence-corrected chi connectivity index (χ2v) is 8.69. The molecule has 1 aromatic carbocycles. The first-order valence-corrected chi connectivity index (χ1v) is 11.9. The van der Waals surface area contributed by atoms with Crippen molar-refractivity contribution in [1.29, 1.82) is 0 Å². The third-order valence-corrected chi connectivity index (χ3v) is 6.10. The van der Waals surface area contributed by atoms with Gasteiger partial charge in [0.15, 0.2) is 23.1 Å². The largest absolute Gasteiger partial charge is 0.451 e. The van der Waals surface area contributed by atoms with Crippen LogP contribution >= 0.6 is 0 Å². The molecule has 0 aliphatic carbocycles. The number of aromatic nitrogens is 5. The average Bonchev–Trinajstić information content (AvgIpc) is 3.38. The Balaban J connectivity index is 1.42. The molecule has 1 fully saturated rings. The van der Waals surface area contributed by atoms with E-state index in [9.17, 15) is 18.0 Å². The first-order valence-electron chi connectivity index (χ1n) is 11.9. The first kappa shape index (κ1) is 26.9. The predicted octanol–water partition coefficient (Wildman–Crippen LogP) is 4.88. The van der Waals surface area contributed by atoms with E-state index in [1.165, 1.54) is 30.7 Å². The molecule has 40 heavy (non-hydrogen) atoms. The minimum Gasteiger partial charge on any atom is -0.451 e. The molecule has 1 amide bonds. The van der Waals surface area contributed by atoms with Crippen molar-refractivity contribution in [2.75, 3.05) is 24.3 Å². The number of ether oxygens (including phenoxy) is 2. The minimum atomic E-state index is -5.04. The molecule has 0 spiro atoms. The van der Waals surface area contributed by atoms with E-state index in [1.54, 1.807) is 0 Å². The molecular formula is C25H20F5N7O3. The van der Waals surface area contributed by atoms with Crippen LogP contribution in [0, 0.1) is 11.6 Å². The Hall–Kier alpha value is -4.66. The van der Waals surface area contributed by atoms with Gasteiger partial charge in [-0.2, -0.15) is 23.0 Å². The van der Waals surface area contributed by atoms with Crippen molar-refractivity contribution >= 4 is 17.4 Å². The quantitative estimate of drug-likeness (QED) is 0.319. The van der Waals surface area contributed by atoms with Crippen molar-refractivity contribution in [2.24, 2.45) is 0 Å². The van der Waals surface area contributed by atoms with Gasteiger partial charge in [0.1, 0.15) is 11.6 Å². The number of halogens is 5. The summed E-state index contributed by atoms with van der Waals surface area (Å²) in [6.45, 7) is 0.950. The molecule has 208 valence electrons. The van der Waals surface area contributed by atoms with E-state index >= 15 is 8.78 Å². The van der Waals surface area contributed by atoms with Gasteiger partial charge >= 0.3 is 6.18 Å². The minimum absolute atomic E-state index is 0.0966. The van der Waals surface area contributed by atoms with Gasteiger partial charge in [-0.1, -0.05) is 0 Å². The van der Waals surface area contributed by atoms with E-state index in [-0.39, 0.29) is 17.5 Å². The summed E-state index contributed by atoms with van der Waals surface area (Å²) in [6, 6.07) is 4.24. The zero-order valence-electron chi connectivity index (χ0n) is 20.5. The lowest BCUT2D eigenvalue weighted by molar-refractivity contribution is -0.143. The maximum atomic E-state index is 15.0. The number of hydrogen-bond donors (Lipinski definition) is 2. The van der Waals surface area contributed by atoms with Crippen molar-refractivity contribution in [1.82, 2.24) is 24.7 Å². The normalized spacial score (nSPS) is 14.2. The lowest BCUT2D eigenvalue weighted by Gasteiger charge is -2.25. The smallest absolute Gasteiger partial charge is 0.434 e. The SMILES string of the molecule is Nc1nccc(Oc2c(F)cc(NC(=O)c3cnn(-c4ncccn4)c3C(F)(F)F)cc2F)c1C1CCOCC1. The highest BCUT2D eigenvalue weighted by Crippen LogP contribution is 2.40. The number of carbonyl (C=O) groups excluding carboxylic acids is 1. The summed E-state index contributed by atoms with van der Waals surface area (Å²) in [7, 11) is 0. The number of benzene rings is 1. The van der Waals surface area contributed by atoms with Gasteiger partial charge in [0, 0.05) is 55.2 Å². The van der Waals surface area contributed by atoms with Gasteiger partial charge in [0.25, 0.3) is 11.9 Å². The number of alkyl halides is 3. The lowest BCUT2D eigenvalue weighted by Crippen LogP contribution is -2.21. The Morgan fingerprint density at radius 3 is 2.40 bits per heavy atom. The van der Waals surface area contributed by atoms with Crippen LogP contribution in [0.4, 0.5) is 33.5 Å². The van der Waals surface area contributed by atoms with Crippen LogP contribution < -0.4 is 15.8 Å². The summed E-state index contributed by atoms with van der Waals surface area (Å²) < 4.78 is 82.9. The van der Waals surface area contributed by atoms with Gasteiger partial charge in [0.05, 0.1) is 11.8 Å². The molecular weight excluding hydrogens is 541 g/mol. The fraction of sp³-hybridized carbons (Fsp3) is 0.240. The number of nitrogens with two attached hydrogens (primary N) is 1. The van der Waals surface area contributed by atoms with Gasteiger partial charge in [-0.05, 0) is 30.9 Å². The number of hydrogen-bond acceptors (Lipinski definition) is 8. The van der Waals surface area contributed by atoms with E-state index < -0.39 is 52.4 Å². The van der Waals surface area contributed by atoms with Crippen LogP contribution in [0.15, 0.2) is 49.1 Å². The monoisotopic (exact) mass is 561 g/mol. The highest BCUT2D eigenvalue weighted by molar-refractivity contribution is 6.05. The zero-order chi connectivity index (χ0) is 28.4. The van der Waals surface area contributed by atoms with Crippen LogP contribution in [0.3, 0.4) is 0 Å². The van der Waals surface area contributed by atoms with Gasteiger partial charge in [-0.3, -0.25) is 4.79 Å². The van der Waals surface area contributed by atoms with Crippen molar-refractivity contribution < 1.29 is 36.2 Å². The molecule has 3 N–H and O–H groups in total. The predicted molar refractivity (Wildman–Crippen MR) is 130 cm³/mol. The van der Waals surface area contributed by atoms with Crippen LogP contribution in [0.2, 0.25) is 0 Å². The number of nitrogens with zero attached hydrogens (tertiary/aromatic N) is 5. The molecule has 4 aromatic rings. The first-order chi connectivity index (χ1) is 19.1. The highest BCUT2D eigenvalue weighted by atomic mass is 19.4. The Bertz CT molecular complexity index is 1520. The Kier molecular flexibility index (Phi) is 7.30. The second kappa shape index (κ2) is 10.8. The highest BCUT2D eigenvalue weighted by Gasteiger charge is 2.41. The standard InChI is InChI=1S/C25H20F5N7O3/c26-16-10-14(36-23(38)15-12-35-37(21(15)25(28,29)30)24-33-5-1-6-34-24)11-17(27)20(16)40-18-2-7-32-22(31)19(18)13-3-8-39-9-4-13/h1-2,5-7,10-13H,3-4,8-9H2,(H2,31,32)(H,36,38). The van der Waals surface area contributed by atoms with Gasteiger partial charge in [0.2, 0.25) is 0 Å². The molecule has 0 unspecified atom stereocenters. The number of nitrogen functional groups attached to an aromatic ring is 1. The van der Waals surface area contributed by atoms with E-state index in [2.05, 4.69) is 25.4 Å². The summed E-state index contributed by atoms with van der Waals surface area (Å²) >= 11 is 0. The van der Waals surface area contributed by atoms with Crippen LogP contribution in [0.25, 0.3) is 5.95 Å². The molecule has 3 aromatic heterocycles. The third-order valence-electron chi connectivity index (χ3n) is 6.10. The lowest BCUT2D eigenvalue weighted by atomic mass is 9.91. The fourth-order valence-corrected chi connectivity index (χ4v) is 4.33. The van der Waals surface area contributed by atoms with Crippen LogP contribution in [0.5, 0.6) is 11.5 Å². The molecule has 0 saturated carbocycles. The molecule has 0 bridgehead atoms. The van der Waals surface area contributed by atoms with Gasteiger partial charge in [-0.15, -0.1) is 0 Å². The van der Waals surface area contributed by atoms with Crippen molar-refractivity contribution in [3.63, 3.8) is 0 Å². The van der Waals surface area contributed by atoms with Crippen molar-refractivity contribution in [2.45, 2.75) is 24.9 Å². The molecule has 10 nitrogen and oxygen atoms in total. The number of amides is 1. The molecule has 0 atom stereocenters. The van der Waals surface area contributed by atoms with Crippen molar-refractivity contribution in [3.8, 4) is 17.4 Å². The topological polar surface area (TPSA) is 130 Å². The summed E-state index contributed by atoms with van der Waals surface area (Å²) in [5, 5.41) is 5.65. The molecule has 1 aliphatic rings. The molecule has 4 heterocycles. The van der Waals surface area contributed by atoms with E-state index in [1.807, 2.05) is 0 Å². The van der Waals surface area contributed by atoms with Crippen molar-refractivity contribution in [3.05, 3.63) is 77.5 Å².